The Bertz CT molecular complexity index is 563. The third-order valence-electron chi connectivity index (χ3n) is 3.66. The number of aromatic nitrogens is 1. The van der Waals surface area contributed by atoms with Crippen molar-refractivity contribution >= 4 is 10.8 Å². The number of hydrogen-bond acceptors (Lipinski definition) is 5. The minimum absolute atomic E-state index is 0.0756. The molecule has 0 bridgehead atoms. The van der Waals surface area contributed by atoms with Gasteiger partial charge < -0.3 is 10.5 Å². The number of benzene rings is 1. The first-order valence-corrected chi connectivity index (χ1v) is 7.00. The van der Waals surface area contributed by atoms with Crippen LogP contribution in [0.1, 0.15) is 11.6 Å². The molecule has 5 heteroatoms. The lowest BCUT2D eigenvalue weighted by atomic mass is 10.0. The lowest BCUT2D eigenvalue weighted by Gasteiger charge is -2.31. The summed E-state index contributed by atoms with van der Waals surface area (Å²) in [6.07, 6.45) is 3.80. The van der Waals surface area contributed by atoms with E-state index in [0.717, 1.165) is 37.3 Å². The summed E-state index contributed by atoms with van der Waals surface area (Å²) in [6, 6.07) is 8.35. The Balaban J connectivity index is 1.86. The van der Waals surface area contributed by atoms with Crippen LogP contribution in [0.25, 0.3) is 10.8 Å². The molecule has 0 aliphatic carbocycles. The van der Waals surface area contributed by atoms with Crippen LogP contribution in [-0.2, 0) is 4.74 Å². The third kappa shape index (κ3) is 2.81. The first-order chi connectivity index (χ1) is 9.88. The van der Waals surface area contributed by atoms with Crippen LogP contribution in [0, 0.1) is 0 Å². The molecule has 0 amide bonds. The number of pyridine rings is 1. The molecular weight excluding hydrogens is 252 g/mol. The highest BCUT2D eigenvalue weighted by atomic mass is 16.5. The number of rotatable bonds is 4. The van der Waals surface area contributed by atoms with Crippen LogP contribution in [0.4, 0.5) is 0 Å². The Labute approximate surface area is 118 Å². The van der Waals surface area contributed by atoms with Gasteiger partial charge in [-0.25, -0.2) is 10.4 Å². The van der Waals surface area contributed by atoms with Gasteiger partial charge in [-0.1, -0.05) is 24.3 Å². The molecule has 1 aromatic heterocycles. The van der Waals surface area contributed by atoms with E-state index in [9.17, 15) is 0 Å². The number of morpholine rings is 1. The van der Waals surface area contributed by atoms with Crippen molar-refractivity contribution in [3.8, 4) is 0 Å². The van der Waals surface area contributed by atoms with Gasteiger partial charge in [0.25, 0.3) is 0 Å². The summed E-state index contributed by atoms with van der Waals surface area (Å²) in [6.45, 7) is 3.83. The first kappa shape index (κ1) is 13.5. The Morgan fingerprint density at radius 2 is 2.05 bits per heavy atom. The van der Waals surface area contributed by atoms with E-state index in [2.05, 4.69) is 27.6 Å². The van der Waals surface area contributed by atoms with Crippen LogP contribution in [0.15, 0.2) is 36.7 Å². The van der Waals surface area contributed by atoms with Gasteiger partial charge in [0, 0.05) is 37.4 Å². The van der Waals surface area contributed by atoms with E-state index in [0.29, 0.717) is 6.54 Å². The van der Waals surface area contributed by atoms with E-state index < -0.39 is 0 Å². The standard InChI is InChI=1S/C15H20N4O/c16-9-15(18-19-5-7-20-8-6-19)14-11-17-10-12-3-1-2-4-13(12)14/h1-4,10-11,15,18H,5-9,16H2. The Kier molecular flexibility index (Phi) is 4.22. The average molecular weight is 272 g/mol. The summed E-state index contributed by atoms with van der Waals surface area (Å²) < 4.78 is 5.37. The predicted molar refractivity (Wildman–Crippen MR) is 79.1 cm³/mol. The molecule has 0 radical (unpaired) electrons. The summed E-state index contributed by atoms with van der Waals surface area (Å²) in [5.74, 6) is 0. The van der Waals surface area contributed by atoms with E-state index in [4.69, 9.17) is 10.5 Å². The van der Waals surface area contributed by atoms with Crippen LogP contribution >= 0.6 is 0 Å². The molecule has 1 saturated heterocycles. The second-order valence-electron chi connectivity index (χ2n) is 4.97. The maximum absolute atomic E-state index is 5.96. The van der Waals surface area contributed by atoms with E-state index in [1.54, 1.807) is 0 Å². The average Bonchev–Trinajstić information content (AvgIpc) is 2.53. The van der Waals surface area contributed by atoms with Crippen LogP contribution < -0.4 is 11.2 Å². The number of nitrogens with one attached hydrogen (secondary N) is 1. The fourth-order valence-corrected chi connectivity index (χ4v) is 2.58. The van der Waals surface area contributed by atoms with Gasteiger partial charge in [-0.3, -0.25) is 4.98 Å². The quantitative estimate of drug-likeness (QED) is 0.872. The Hall–Kier alpha value is -1.53. The largest absolute Gasteiger partial charge is 0.379 e. The highest BCUT2D eigenvalue weighted by Crippen LogP contribution is 2.22. The molecule has 1 fully saturated rings. The van der Waals surface area contributed by atoms with Crippen LogP contribution in [-0.4, -0.2) is 42.8 Å². The molecule has 5 nitrogen and oxygen atoms in total. The van der Waals surface area contributed by atoms with Gasteiger partial charge >= 0.3 is 0 Å². The summed E-state index contributed by atoms with van der Waals surface area (Å²) in [7, 11) is 0. The van der Waals surface area contributed by atoms with E-state index >= 15 is 0 Å². The number of nitrogens with zero attached hydrogens (tertiary/aromatic N) is 2. The number of ether oxygens (including phenoxy) is 1. The highest BCUT2D eigenvalue weighted by Gasteiger charge is 2.18. The van der Waals surface area contributed by atoms with Crippen molar-refractivity contribution in [1.29, 1.82) is 0 Å². The fraction of sp³-hybridized carbons (Fsp3) is 0.400. The second kappa shape index (κ2) is 6.28. The molecule has 106 valence electrons. The van der Waals surface area contributed by atoms with Gasteiger partial charge in [-0.2, -0.15) is 0 Å². The molecule has 2 aromatic rings. The van der Waals surface area contributed by atoms with Gasteiger partial charge in [0.1, 0.15) is 0 Å². The number of fused-ring (bicyclic) bond motifs is 1. The van der Waals surface area contributed by atoms with Crippen molar-refractivity contribution in [1.82, 2.24) is 15.4 Å². The van der Waals surface area contributed by atoms with Gasteiger partial charge in [0.05, 0.1) is 19.3 Å². The van der Waals surface area contributed by atoms with Gasteiger partial charge in [0.2, 0.25) is 0 Å². The maximum atomic E-state index is 5.96. The monoisotopic (exact) mass is 272 g/mol. The van der Waals surface area contributed by atoms with Crippen LogP contribution in [0.5, 0.6) is 0 Å². The summed E-state index contributed by atoms with van der Waals surface area (Å²) in [4.78, 5) is 4.34. The molecule has 2 heterocycles. The Morgan fingerprint density at radius 1 is 1.25 bits per heavy atom. The lowest BCUT2D eigenvalue weighted by Crippen LogP contribution is -2.48. The van der Waals surface area contributed by atoms with Crippen molar-refractivity contribution in [2.45, 2.75) is 6.04 Å². The fourth-order valence-electron chi connectivity index (χ4n) is 2.58. The topological polar surface area (TPSA) is 63.4 Å². The lowest BCUT2D eigenvalue weighted by molar-refractivity contribution is 0.00414. The minimum atomic E-state index is 0.0756. The minimum Gasteiger partial charge on any atom is -0.379 e. The van der Waals surface area contributed by atoms with Crippen molar-refractivity contribution in [2.75, 3.05) is 32.8 Å². The zero-order chi connectivity index (χ0) is 13.8. The molecule has 1 unspecified atom stereocenters. The number of nitrogens with two attached hydrogens (primary N) is 1. The van der Waals surface area contributed by atoms with E-state index in [-0.39, 0.29) is 6.04 Å². The van der Waals surface area contributed by atoms with Gasteiger partial charge in [-0.15, -0.1) is 0 Å². The van der Waals surface area contributed by atoms with Crippen molar-refractivity contribution < 1.29 is 4.74 Å². The summed E-state index contributed by atoms with van der Waals surface area (Å²) in [5, 5.41) is 4.54. The number of hydrazine groups is 1. The molecule has 1 aromatic carbocycles. The first-order valence-electron chi connectivity index (χ1n) is 7.00. The maximum Gasteiger partial charge on any atom is 0.0608 e. The summed E-state index contributed by atoms with van der Waals surface area (Å²) in [5.41, 5.74) is 10.6. The predicted octanol–water partition coefficient (Wildman–Crippen LogP) is 1.07. The molecular formula is C15H20N4O. The third-order valence-corrected chi connectivity index (χ3v) is 3.66. The van der Waals surface area contributed by atoms with Gasteiger partial charge in [0.15, 0.2) is 0 Å². The molecule has 3 rings (SSSR count). The molecule has 1 aliphatic rings. The van der Waals surface area contributed by atoms with Crippen molar-refractivity contribution in [3.63, 3.8) is 0 Å². The van der Waals surface area contributed by atoms with E-state index in [1.807, 2.05) is 24.5 Å². The van der Waals surface area contributed by atoms with Crippen molar-refractivity contribution in [3.05, 3.63) is 42.2 Å². The Morgan fingerprint density at radius 3 is 2.85 bits per heavy atom. The molecule has 20 heavy (non-hydrogen) atoms. The molecule has 1 aliphatic heterocycles. The normalized spacial score (nSPS) is 18.2. The molecule has 0 saturated carbocycles. The smallest absolute Gasteiger partial charge is 0.0608 e. The van der Waals surface area contributed by atoms with Crippen LogP contribution in [0.3, 0.4) is 0 Å². The summed E-state index contributed by atoms with van der Waals surface area (Å²) >= 11 is 0. The zero-order valence-electron chi connectivity index (χ0n) is 11.5. The zero-order valence-corrected chi connectivity index (χ0v) is 11.5. The molecule has 3 N–H and O–H groups in total. The number of hydrogen-bond donors (Lipinski definition) is 2. The molecule has 0 spiro atoms. The van der Waals surface area contributed by atoms with E-state index in [1.165, 1.54) is 5.39 Å². The van der Waals surface area contributed by atoms with Crippen LogP contribution in [0.2, 0.25) is 0 Å². The van der Waals surface area contributed by atoms with Gasteiger partial charge in [-0.05, 0) is 10.9 Å². The second-order valence-corrected chi connectivity index (χ2v) is 4.97. The highest BCUT2D eigenvalue weighted by molar-refractivity contribution is 5.85. The van der Waals surface area contributed by atoms with Crippen molar-refractivity contribution in [2.24, 2.45) is 5.73 Å². The molecule has 1 atom stereocenters. The SMILES string of the molecule is NCC(NN1CCOCC1)c1cncc2ccccc12.